The van der Waals surface area contributed by atoms with Gasteiger partial charge in [-0.15, -0.1) is 16.4 Å². The second kappa shape index (κ2) is 8.38. The highest BCUT2D eigenvalue weighted by molar-refractivity contribution is 9.10. The lowest BCUT2D eigenvalue weighted by atomic mass is 10.3. The van der Waals surface area contributed by atoms with Crippen LogP contribution in [0.4, 0.5) is 11.4 Å². The van der Waals surface area contributed by atoms with Crippen molar-refractivity contribution in [1.29, 1.82) is 0 Å². The molecule has 0 aliphatic heterocycles. The van der Waals surface area contributed by atoms with Gasteiger partial charge in [0.15, 0.2) is 0 Å². The summed E-state index contributed by atoms with van der Waals surface area (Å²) in [4.78, 5) is 23.5. The third-order valence-electron chi connectivity index (χ3n) is 3.15. The first-order chi connectivity index (χ1) is 12.5. The molecule has 0 saturated carbocycles. The first-order valence-corrected chi connectivity index (χ1v) is 9.84. The highest BCUT2D eigenvalue weighted by atomic mass is 79.9. The van der Waals surface area contributed by atoms with Crippen molar-refractivity contribution < 1.29 is 9.72 Å². The molecular formula is C14H11BrN6O3S2. The Hall–Kier alpha value is -2.31. The minimum absolute atomic E-state index is 0.0583. The van der Waals surface area contributed by atoms with Crippen molar-refractivity contribution in [3.05, 3.63) is 55.2 Å². The van der Waals surface area contributed by atoms with E-state index < -0.39 is 4.92 Å². The van der Waals surface area contributed by atoms with Crippen molar-refractivity contribution >= 4 is 56.3 Å². The van der Waals surface area contributed by atoms with Gasteiger partial charge in [-0.05, 0) is 43.9 Å². The number of anilines is 1. The van der Waals surface area contributed by atoms with E-state index in [1.165, 1.54) is 30.0 Å². The highest BCUT2D eigenvalue weighted by Gasteiger charge is 2.14. The lowest BCUT2D eigenvalue weighted by Gasteiger charge is -2.07. The van der Waals surface area contributed by atoms with Gasteiger partial charge in [0.1, 0.15) is 0 Å². The number of amides is 1. The fourth-order valence-electron chi connectivity index (χ4n) is 1.98. The number of thioether (sulfide) groups is 1. The lowest BCUT2D eigenvalue weighted by Crippen LogP contribution is -2.15. The van der Waals surface area contributed by atoms with Crippen LogP contribution in [0.5, 0.6) is 0 Å². The van der Waals surface area contributed by atoms with Gasteiger partial charge in [-0.2, -0.15) is 0 Å². The number of nitro benzene ring substituents is 1. The summed E-state index contributed by atoms with van der Waals surface area (Å²) in [6.45, 7) is 0.544. The van der Waals surface area contributed by atoms with E-state index in [2.05, 4.69) is 36.8 Å². The third kappa shape index (κ3) is 4.65. The minimum atomic E-state index is -0.500. The number of non-ortho nitro benzene ring substituents is 1. The number of halogens is 1. The maximum atomic E-state index is 12.1. The van der Waals surface area contributed by atoms with Gasteiger partial charge < -0.3 is 5.32 Å². The lowest BCUT2D eigenvalue weighted by molar-refractivity contribution is -0.384. The van der Waals surface area contributed by atoms with Crippen molar-refractivity contribution in [2.45, 2.75) is 11.7 Å². The second-order valence-electron chi connectivity index (χ2n) is 4.96. The third-order valence-corrected chi connectivity index (χ3v) is 5.63. The molecule has 0 unspecified atom stereocenters. The van der Waals surface area contributed by atoms with E-state index in [1.54, 1.807) is 16.0 Å². The van der Waals surface area contributed by atoms with Gasteiger partial charge in [0.2, 0.25) is 11.1 Å². The summed E-state index contributed by atoms with van der Waals surface area (Å²) in [7, 11) is 0. The zero-order chi connectivity index (χ0) is 18.5. The van der Waals surface area contributed by atoms with Crippen molar-refractivity contribution in [3.8, 4) is 0 Å². The number of rotatable bonds is 7. The first kappa shape index (κ1) is 18.5. The number of tetrazole rings is 1. The smallest absolute Gasteiger partial charge is 0.270 e. The van der Waals surface area contributed by atoms with Crippen molar-refractivity contribution in [2.24, 2.45) is 0 Å². The molecule has 0 aliphatic rings. The van der Waals surface area contributed by atoms with E-state index in [-0.39, 0.29) is 17.3 Å². The van der Waals surface area contributed by atoms with Gasteiger partial charge in [0.05, 0.1) is 22.9 Å². The molecule has 0 aliphatic carbocycles. The van der Waals surface area contributed by atoms with E-state index in [9.17, 15) is 14.9 Å². The summed E-state index contributed by atoms with van der Waals surface area (Å²) < 4.78 is 2.07. The van der Waals surface area contributed by atoms with Crippen LogP contribution in [0.15, 0.2) is 45.3 Å². The molecule has 0 saturated heterocycles. The number of nitrogens with one attached hydrogen (secondary N) is 1. The summed E-state index contributed by atoms with van der Waals surface area (Å²) in [5.41, 5.74) is 0.399. The van der Waals surface area contributed by atoms with Gasteiger partial charge in [0.25, 0.3) is 5.69 Å². The summed E-state index contributed by atoms with van der Waals surface area (Å²) in [6.07, 6.45) is 0. The molecule has 1 aromatic carbocycles. The minimum Gasteiger partial charge on any atom is -0.324 e. The Labute approximate surface area is 164 Å². The largest absolute Gasteiger partial charge is 0.324 e. The van der Waals surface area contributed by atoms with Crippen LogP contribution in [0.2, 0.25) is 0 Å². The highest BCUT2D eigenvalue weighted by Crippen LogP contribution is 2.27. The first-order valence-electron chi connectivity index (χ1n) is 7.18. The van der Waals surface area contributed by atoms with Crippen LogP contribution < -0.4 is 5.32 Å². The Morgan fingerprint density at radius 1 is 1.42 bits per heavy atom. The Kier molecular flexibility index (Phi) is 5.96. The van der Waals surface area contributed by atoms with Crippen LogP contribution in [-0.4, -0.2) is 36.8 Å². The van der Waals surface area contributed by atoms with Crippen LogP contribution in [0, 0.1) is 10.1 Å². The molecule has 26 heavy (non-hydrogen) atoms. The van der Waals surface area contributed by atoms with Gasteiger partial charge >= 0.3 is 0 Å². The molecule has 3 aromatic rings. The van der Waals surface area contributed by atoms with E-state index in [0.717, 1.165) is 4.88 Å². The predicted molar refractivity (Wildman–Crippen MR) is 101 cm³/mol. The van der Waals surface area contributed by atoms with E-state index >= 15 is 0 Å². The number of nitrogens with zero attached hydrogens (tertiary/aromatic N) is 5. The van der Waals surface area contributed by atoms with Crippen LogP contribution in [0.1, 0.15) is 4.88 Å². The number of hydrogen-bond acceptors (Lipinski definition) is 8. The average Bonchev–Trinajstić information content (AvgIpc) is 3.27. The Balaban J connectivity index is 1.58. The molecule has 12 heteroatoms. The van der Waals surface area contributed by atoms with Crippen LogP contribution in [0.25, 0.3) is 0 Å². The van der Waals surface area contributed by atoms with Gasteiger partial charge in [-0.25, -0.2) is 4.68 Å². The van der Waals surface area contributed by atoms with Crippen molar-refractivity contribution in [1.82, 2.24) is 20.2 Å². The topological polar surface area (TPSA) is 116 Å². The maximum Gasteiger partial charge on any atom is 0.270 e. The van der Waals surface area contributed by atoms with Crippen LogP contribution in [0.3, 0.4) is 0 Å². The number of benzene rings is 1. The molecule has 0 atom stereocenters. The summed E-state index contributed by atoms with van der Waals surface area (Å²) >= 11 is 6.03. The number of carbonyl (C=O) groups excluding carboxylic acids is 1. The van der Waals surface area contributed by atoms with Crippen molar-refractivity contribution in [2.75, 3.05) is 11.1 Å². The predicted octanol–water partition coefficient (Wildman–Crippen LogP) is 3.18. The van der Waals surface area contributed by atoms with Gasteiger partial charge in [0, 0.05) is 21.5 Å². The molecule has 134 valence electrons. The number of carbonyl (C=O) groups is 1. The molecule has 0 radical (unpaired) electrons. The average molecular weight is 455 g/mol. The monoisotopic (exact) mass is 454 g/mol. The number of aromatic nitrogens is 4. The van der Waals surface area contributed by atoms with Crippen molar-refractivity contribution in [3.63, 3.8) is 0 Å². The zero-order valence-electron chi connectivity index (χ0n) is 13.0. The van der Waals surface area contributed by atoms with Crippen LogP contribution in [-0.2, 0) is 11.3 Å². The molecule has 2 aromatic heterocycles. The van der Waals surface area contributed by atoms with E-state index in [4.69, 9.17) is 0 Å². The molecule has 1 N–H and O–H groups in total. The molecule has 0 spiro atoms. The number of hydrogen-bond donors (Lipinski definition) is 1. The van der Waals surface area contributed by atoms with E-state index in [0.29, 0.717) is 21.9 Å². The maximum absolute atomic E-state index is 12.1. The zero-order valence-corrected chi connectivity index (χ0v) is 16.3. The number of nitro groups is 1. The standard InChI is InChI=1S/C14H11BrN6O3S2/c15-11-6-9(21(23)24)3-4-12(11)16-13(22)8-26-14-17-18-19-20(14)7-10-2-1-5-25-10/h1-6H,7-8H2,(H,16,22). The quantitative estimate of drug-likeness (QED) is 0.331. The molecule has 2 heterocycles. The molecular weight excluding hydrogens is 444 g/mol. The Morgan fingerprint density at radius 3 is 2.96 bits per heavy atom. The van der Waals surface area contributed by atoms with Crippen LogP contribution >= 0.6 is 39.0 Å². The summed E-state index contributed by atoms with van der Waals surface area (Å²) in [5, 5.41) is 27.5. The number of thiophene rings is 1. The fraction of sp³-hybridized carbons (Fsp3) is 0.143. The Bertz CT molecular complexity index is 931. The van der Waals surface area contributed by atoms with Gasteiger partial charge in [-0.1, -0.05) is 17.8 Å². The fourth-order valence-corrected chi connectivity index (χ4v) is 3.81. The molecule has 3 rings (SSSR count). The Morgan fingerprint density at radius 2 is 2.27 bits per heavy atom. The SMILES string of the molecule is O=C(CSc1nnnn1Cc1cccs1)Nc1ccc([N+](=O)[O-])cc1Br. The molecule has 9 nitrogen and oxygen atoms in total. The molecule has 1 amide bonds. The normalized spacial score (nSPS) is 10.7. The summed E-state index contributed by atoms with van der Waals surface area (Å²) in [5.74, 6) is -0.163. The second-order valence-corrected chi connectivity index (χ2v) is 7.79. The van der Waals surface area contributed by atoms with E-state index in [1.807, 2.05) is 17.5 Å². The summed E-state index contributed by atoms with van der Waals surface area (Å²) in [6, 6.07) is 8.08. The molecule has 0 fully saturated rings. The molecule has 0 bridgehead atoms. The van der Waals surface area contributed by atoms with Gasteiger partial charge in [-0.3, -0.25) is 14.9 Å².